The molecule has 108 valence electrons. The third-order valence-electron chi connectivity index (χ3n) is 2.53. The zero-order chi connectivity index (χ0) is 14.3. The molecule has 1 rings (SSSR count). The van der Waals surface area contributed by atoms with E-state index < -0.39 is 12.8 Å². The average Bonchev–Trinajstić information content (AvgIpc) is 2.27. The van der Waals surface area contributed by atoms with Gasteiger partial charge in [0.15, 0.2) is 0 Å². The fourth-order valence-corrected chi connectivity index (χ4v) is 1.82. The molecule has 1 N–H and O–H groups in total. The van der Waals surface area contributed by atoms with Crippen LogP contribution in [0.15, 0.2) is 24.3 Å². The van der Waals surface area contributed by atoms with E-state index in [4.69, 9.17) is 0 Å². The van der Waals surface area contributed by atoms with Crippen molar-refractivity contribution in [2.75, 3.05) is 26.8 Å². The van der Waals surface area contributed by atoms with Crippen LogP contribution in [0.3, 0.4) is 0 Å². The molecule has 6 heteroatoms. The molecule has 0 saturated heterocycles. The molecule has 0 aliphatic carbocycles. The van der Waals surface area contributed by atoms with Crippen LogP contribution in [0.5, 0.6) is 0 Å². The second-order valence-corrected chi connectivity index (χ2v) is 4.39. The van der Waals surface area contributed by atoms with Crippen LogP contribution in [0.25, 0.3) is 0 Å². The summed E-state index contributed by atoms with van der Waals surface area (Å²) in [7, 11) is 1.71. The first kappa shape index (κ1) is 15.9. The Balaban J connectivity index is 2.48. The van der Waals surface area contributed by atoms with Crippen molar-refractivity contribution in [1.29, 1.82) is 0 Å². The number of alkyl halides is 3. The summed E-state index contributed by atoms with van der Waals surface area (Å²) in [4.78, 5) is 0. The lowest BCUT2D eigenvalue weighted by Gasteiger charge is -2.17. The molecule has 0 radical (unpaired) electrons. The Bertz CT molecular complexity index is 381. The Kier molecular flexibility index (Phi) is 6.24. The van der Waals surface area contributed by atoms with Gasteiger partial charge in [0.25, 0.3) is 0 Å². The van der Waals surface area contributed by atoms with E-state index in [0.29, 0.717) is 13.0 Å². The first-order valence-electron chi connectivity index (χ1n) is 5.94. The molecule has 19 heavy (non-hydrogen) atoms. The summed E-state index contributed by atoms with van der Waals surface area (Å²) in [5.41, 5.74) is 0.746. The first-order chi connectivity index (χ1) is 8.90. The number of rotatable bonds is 7. The minimum Gasteiger partial charge on any atom is -0.372 e. The molecule has 0 spiro atoms. The van der Waals surface area contributed by atoms with E-state index in [9.17, 15) is 17.6 Å². The monoisotopic (exact) mass is 279 g/mol. The Morgan fingerprint density at radius 3 is 2.63 bits per heavy atom. The molecule has 0 aliphatic rings. The van der Waals surface area contributed by atoms with E-state index in [-0.39, 0.29) is 18.3 Å². The van der Waals surface area contributed by atoms with Gasteiger partial charge < -0.3 is 10.1 Å². The molecular formula is C13H17F4NO. The molecule has 0 bridgehead atoms. The Morgan fingerprint density at radius 2 is 2.05 bits per heavy atom. The maximum atomic E-state index is 13.0. The number of hydrogen-bond acceptors (Lipinski definition) is 2. The smallest absolute Gasteiger partial charge is 0.372 e. The average molecular weight is 279 g/mol. The molecule has 0 saturated carbocycles. The van der Waals surface area contributed by atoms with Gasteiger partial charge in [0.1, 0.15) is 12.4 Å². The van der Waals surface area contributed by atoms with Gasteiger partial charge in [0.2, 0.25) is 0 Å². The SMILES string of the molecule is CNCC(COCC(F)(F)F)Cc1cccc(F)c1. The molecule has 0 aliphatic heterocycles. The summed E-state index contributed by atoms with van der Waals surface area (Å²) in [6.07, 6.45) is -3.85. The number of ether oxygens (including phenoxy) is 1. The molecule has 0 heterocycles. The van der Waals surface area contributed by atoms with Crippen molar-refractivity contribution in [3.05, 3.63) is 35.6 Å². The lowest BCUT2D eigenvalue weighted by molar-refractivity contribution is -0.176. The van der Waals surface area contributed by atoms with Crippen LogP contribution in [0.2, 0.25) is 0 Å². The first-order valence-corrected chi connectivity index (χ1v) is 5.94. The van der Waals surface area contributed by atoms with Gasteiger partial charge in [-0.15, -0.1) is 0 Å². The zero-order valence-corrected chi connectivity index (χ0v) is 10.6. The molecule has 1 aromatic rings. The quantitative estimate of drug-likeness (QED) is 0.775. The van der Waals surface area contributed by atoms with Gasteiger partial charge in [-0.2, -0.15) is 13.2 Å². The normalized spacial score (nSPS) is 13.5. The Hall–Kier alpha value is -1.14. The van der Waals surface area contributed by atoms with Crippen LogP contribution in [0, 0.1) is 11.7 Å². The number of halogens is 4. The van der Waals surface area contributed by atoms with E-state index >= 15 is 0 Å². The lowest BCUT2D eigenvalue weighted by Crippen LogP contribution is -2.27. The van der Waals surface area contributed by atoms with Gasteiger partial charge in [-0.05, 0) is 37.1 Å². The highest BCUT2D eigenvalue weighted by Crippen LogP contribution is 2.16. The van der Waals surface area contributed by atoms with Gasteiger partial charge in [-0.25, -0.2) is 4.39 Å². The maximum absolute atomic E-state index is 13.0. The summed E-state index contributed by atoms with van der Waals surface area (Å²) in [5, 5.41) is 2.90. The van der Waals surface area contributed by atoms with Crippen LogP contribution in [-0.2, 0) is 11.2 Å². The molecule has 1 aromatic carbocycles. The number of benzene rings is 1. The van der Waals surface area contributed by atoms with Gasteiger partial charge in [-0.3, -0.25) is 0 Å². The second kappa shape index (κ2) is 7.45. The largest absolute Gasteiger partial charge is 0.411 e. The van der Waals surface area contributed by atoms with Crippen LogP contribution < -0.4 is 5.32 Å². The lowest BCUT2D eigenvalue weighted by atomic mass is 10.00. The van der Waals surface area contributed by atoms with Gasteiger partial charge in [-0.1, -0.05) is 12.1 Å². The fraction of sp³-hybridized carbons (Fsp3) is 0.538. The molecule has 1 unspecified atom stereocenters. The second-order valence-electron chi connectivity index (χ2n) is 4.39. The molecule has 0 fully saturated rings. The third-order valence-corrected chi connectivity index (χ3v) is 2.53. The standard InChI is InChI=1S/C13H17F4NO/c1-18-7-11(8-19-9-13(15,16)17)5-10-3-2-4-12(14)6-10/h2-4,6,11,18H,5,7-9H2,1H3. The van der Waals surface area contributed by atoms with Gasteiger partial charge in [0, 0.05) is 6.54 Å². The molecule has 0 amide bonds. The van der Waals surface area contributed by atoms with E-state index in [2.05, 4.69) is 10.1 Å². The van der Waals surface area contributed by atoms with Crippen molar-refractivity contribution in [2.24, 2.45) is 5.92 Å². The summed E-state index contributed by atoms with van der Waals surface area (Å²) >= 11 is 0. The third kappa shape index (κ3) is 7.12. The van der Waals surface area contributed by atoms with E-state index in [0.717, 1.165) is 5.56 Å². The fourth-order valence-electron chi connectivity index (χ4n) is 1.82. The van der Waals surface area contributed by atoms with Crippen molar-refractivity contribution in [3.63, 3.8) is 0 Å². The van der Waals surface area contributed by atoms with Crippen molar-refractivity contribution < 1.29 is 22.3 Å². The summed E-state index contributed by atoms with van der Waals surface area (Å²) < 4.78 is 53.6. The van der Waals surface area contributed by atoms with Crippen LogP contribution in [0.4, 0.5) is 17.6 Å². The molecular weight excluding hydrogens is 262 g/mol. The van der Waals surface area contributed by atoms with Gasteiger partial charge >= 0.3 is 6.18 Å². The Morgan fingerprint density at radius 1 is 1.32 bits per heavy atom. The van der Waals surface area contributed by atoms with Crippen molar-refractivity contribution >= 4 is 0 Å². The predicted molar refractivity (Wildman–Crippen MR) is 64.4 cm³/mol. The van der Waals surface area contributed by atoms with Crippen LogP contribution in [-0.4, -0.2) is 33.0 Å². The highest BCUT2D eigenvalue weighted by molar-refractivity contribution is 5.16. The van der Waals surface area contributed by atoms with Crippen molar-refractivity contribution in [1.82, 2.24) is 5.32 Å². The summed E-state index contributed by atoms with van der Waals surface area (Å²) in [5.74, 6) is -0.480. The highest BCUT2D eigenvalue weighted by Gasteiger charge is 2.27. The summed E-state index contributed by atoms with van der Waals surface area (Å²) in [6.45, 7) is -0.762. The van der Waals surface area contributed by atoms with Crippen LogP contribution >= 0.6 is 0 Å². The molecule has 2 nitrogen and oxygen atoms in total. The molecule has 1 atom stereocenters. The minimum absolute atomic E-state index is 0.0170. The van der Waals surface area contributed by atoms with E-state index in [1.807, 2.05) is 0 Å². The van der Waals surface area contributed by atoms with Gasteiger partial charge in [0.05, 0.1) is 6.61 Å². The minimum atomic E-state index is -4.32. The molecule has 0 aromatic heterocycles. The Labute approximate surface area is 109 Å². The van der Waals surface area contributed by atoms with E-state index in [1.54, 1.807) is 19.2 Å². The summed E-state index contributed by atoms with van der Waals surface area (Å²) in [6, 6.07) is 6.04. The van der Waals surface area contributed by atoms with E-state index in [1.165, 1.54) is 12.1 Å². The topological polar surface area (TPSA) is 21.3 Å². The maximum Gasteiger partial charge on any atom is 0.411 e. The van der Waals surface area contributed by atoms with Crippen LogP contribution in [0.1, 0.15) is 5.56 Å². The van der Waals surface area contributed by atoms with Crippen molar-refractivity contribution in [3.8, 4) is 0 Å². The number of nitrogens with one attached hydrogen (secondary N) is 1. The highest BCUT2D eigenvalue weighted by atomic mass is 19.4. The zero-order valence-electron chi connectivity index (χ0n) is 10.6. The predicted octanol–water partition coefficient (Wildman–Crippen LogP) is 2.78. The van der Waals surface area contributed by atoms with Crippen molar-refractivity contribution in [2.45, 2.75) is 12.6 Å². The number of hydrogen-bond donors (Lipinski definition) is 1.